The molecule has 1 aliphatic heterocycles. The van der Waals surface area contributed by atoms with Gasteiger partial charge >= 0.3 is 0 Å². The quantitative estimate of drug-likeness (QED) is 0.583. The second-order valence-corrected chi connectivity index (χ2v) is 9.01. The molecule has 0 spiro atoms. The van der Waals surface area contributed by atoms with Crippen LogP contribution in [0.25, 0.3) is 11.1 Å². The van der Waals surface area contributed by atoms with Crippen LogP contribution < -0.4 is 9.80 Å². The molecule has 33 heavy (non-hydrogen) atoms. The van der Waals surface area contributed by atoms with Gasteiger partial charge in [0.25, 0.3) is 5.91 Å². The molecule has 1 amide bonds. The molecule has 3 heterocycles. The van der Waals surface area contributed by atoms with E-state index in [4.69, 9.17) is 4.98 Å². The molecule has 4 rings (SSSR count). The van der Waals surface area contributed by atoms with Gasteiger partial charge in [-0.05, 0) is 67.6 Å². The van der Waals surface area contributed by atoms with E-state index >= 15 is 0 Å². The Morgan fingerprint density at radius 3 is 2.39 bits per heavy atom. The van der Waals surface area contributed by atoms with E-state index in [-0.39, 0.29) is 11.9 Å². The molecule has 2 aromatic heterocycles. The molecule has 0 aliphatic carbocycles. The van der Waals surface area contributed by atoms with Crippen LogP contribution in [0, 0.1) is 6.92 Å². The highest BCUT2D eigenvalue weighted by molar-refractivity contribution is 5.95. The van der Waals surface area contributed by atoms with E-state index < -0.39 is 0 Å². The second kappa shape index (κ2) is 9.57. The molecule has 1 atom stereocenters. The van der Waals surface area contributed by atoms with E-state index in [1.54, 1.807) is 6.20 Å². The summed E-state index contributed by atoms with van der Waals surface area (Å²) in [5.41, 5.74) is 5.76. The Kier molecular flexibility index (Phi) is 6.58. The minimum absolute atomic E-state index is 0.0485. The number of aryl methyl sites for hydroxylation is 1. The number of nitrogens with zero attached hydrogens (tertiary/aromatic N) is 6. The fourth-order valence-corrected chi connectivity index (χ4v) is 4.36. The van der Waals surface area contributed by atoms with Crippen molar-refractivity contribution in [3.63, 3.8) is 0 Å². The number of benzene rings is 1. The fraction of sp³-hybridized carbons (Fsp3) is 0.385. The first kappa shape index (κ1) is 22.7. The summed E-state index contributed by atoms with van der Waals surface area (Å²) in [5.74, 6) is 0.696. The lowest BCUT2D eigenvalue weighted by molar-refractivity contribution is 0.0607. The van der Waals surface area contributed by atoms with Crippen molar-refractivity contribution in [3.8, 4) is 11.1 Å². The summed E-state index contributed by atoms with van der Waals surface area (Å²) in [4.78, 5) is 33.4. The average Bonchev–Trinajstić information content (AvgIpc) is 2.83. The summed E-state index contributed by atoms with van der Waals surface area (Å²) in [6.07, 6.45) is 8.47. The first-order valence-electron chi connectivity index (χ1n) is 11.4. The van der Waals surface area contributed by atoms with Crippen LogP contribution in [0.4, 0.5) is 11.6 Å². The minimum Gasteiger partial charge on any atom is -0.378 e. The third kappa shape index (κ3) is 4.67. The molecule has 3 aromatic rings. The molecule has 7 heteroatoms. The Labute approximate surface area is 196 Å². The average molecular weight is 445 g/mol. The molecule has 0 saturated carbocycles. The third-order valence-corrected chi connectivity index (χ3v) is 6.23. The zero-order chi connectivity index (χ0) is 23.5. The van der Waals surface area contributed by atoms with Crippen molar-refractivity contribution < 1.29 is 4.79 Å². The number of pyridine rings is 1. The molecule has 0 N–H and O–H groups in total. The molecular weight excluding hydrogens is 412 g/mol. The Morgan fingerprint density at radius 1 is 0.970 bits per heavy atom. The number of rotatable bonds is 5. The summed E-state index contributed by atoms with van der Waals surface area (Å²) in [7, 11) is 7.87. The van der Waals surface area contributed by atoms with Gasteiger partial charge in [-0.15, -0.1) is 0 Å². The van der Waals surface area contributed by atoms with Crippen molar-refractivity contribution in [3.05, 3.63) is 65.7 Å². The number of likely N-dealkylation sites (tertiary alicyclic amines) is 1. The van der Waals surface area contributed by atoms with Gasteiger partial charge in [0.05, 0.1) is 11.7 Å². The van der Waals surface area contributed by atoms with Crippen LogP contribution >= 0.6 is 0 Å². The largest absolute Gasteiger partial charge is 0.378 e. The Morgan fingerprint density at radius 2 is 1.73 bits per heavy atom. The van der Waals surface area contributed by atoms with Crippen LogP contribution in [0.1, 0.15) is 46.9 Å². The monoisotopic (exact) mass is 444 g/mol. The van der Waals surface area contributed by atoms with Crippen molar-refractivity contribution in [2.24, 2.45) is 0 Å². The number of amides is 1. The first-order valence-corrected chi connectivity index (χ1v) is 11.4. The van der Waals surface area contributed by atoms with E-state index in [0.29, 0.717) is 11.5 Å². The second-order valence-electron chi connectivity index (χ2n) is 9.01. The van der Waals surface area contributed by atoms with E-state index in [9.17, 15) is 4.79 Å². The van der Waals surface area contributed by atoms with Crippen LogP contribution in [0.3, 0.4) is 0 Å². The van der Waals surface area contributed by atoms with Crippen molar-refractivity contribution in [1.29, 1.82) is 0 Å². The number of carbonyl (C=O) groups is 1. The molecule has 0 unspecified atom stereocenters. The number of hydrogen-bond acceptors (Lipinski definition) is 6. The fourth-order valence-electron chi connectivity index (χ4n) is 4.36. The van der Waals surface area contributed by atoms with Gasteiger partial charge in [-0.2, -0.15) is 0 Å². The zero-order valence-electron chi connectivity index (χ0n) is 20.1. The van der Waals surface area contributed by atoms with Gasteiger partial charge < -0.3 is 14.7 Å². The lowest BCUT2D eigenvalue weighted by Crippen LogP contribution is -2.39. The van der Waals surface area contributed by atoms with Crippen LogP contribution in [0.5, 0.6) is 0 Å². The number of aromatic nitrogens is 3. The molecule has 1 fully saturated rings. The predicted octanol–water partition coefficient (Wildman–Crippen LogP) is 4.35. The van der Waals surface area contributed by atoms with Crippen molar-refractivity contribution in [2.75, 3.05) is 44.5 Å². The summed E-state index contributed by atoms with van der Waals surface area (Å²) in [5, 5.41) is 0. The summed E-state index contributed by atoms with van der Waals surface area (Å²) >= 11 is 0. The zero-order valence-corrected chi connectivity index (χ0v) is 20.1. The van der Waals surface area contributed by atoms with Gasteiger partial charge in [0.1, 0.15) is 0 Å². The van der Waals surface area contributed by atoms with E-state index in [1.165, 1.54) is 0 Å². The van der Waals surface area contributed by atoms with Crippen LogP contribution in [-0.2, 0) is 0 Å². The van der Waals surface area contributed by atoms with Gasteiger partial charge in [0.15, 0.2) is 0 Å². The highest BCUT2D eigenvalue weighted by Gasteiger charge is 2.32. The summed E-state index contributed by atoms with van der Waals surface area (Å²) in [6.45, 7) is 2.76. The van der Waals surface area contributed by atoms with Gasteiger partial charge in [-0.1, -0.05) is 0 Å². The normalized spacial score (nSPS) is 15.9. The van der Waals surface area contributed by atoms with E-state index in [0.717, 1.165) is 53.9 Å². The number of hydrogen-bond donors (Lipinski definition) is 0. The Hall–Kier alpha value is -3.48. The molecule has 1 saturated heterocycles. The maximum atomic E-state index is 13.6. The van der Waals surface area contributed by atoms with Gasteiger partial charge in [-0.25, -0.2) is 9.97 Å². The maximum absolute atomic E-state index is 13.6. The Bertz CT molecular complexity index is 1130. The molecule has 7 nitrogen and oxygen atoms in total. The van der Waals surface area contributed by atoms with Crippen molar-refractivity contribution in [2.45, 2.75) is 32.2 Å². The van der Waals surface area contributed by atoms with Gasteiger partial charge in [0.2, 0.25) is 5.95 Å². The van der Waals surface area contributed by atoms with Crippen molar-refractivity contribution >= 4 is 17.5 Å². The van der Waals surface area contributed by atoms with Crippen molar-refractivity contribution in [1.82, 2.24) is 19.9 Å². The SMILES string of the molecule is Cc1cnccc1-c1cnc(N(C)C)nc1[C@@H]1CCCCN1C(=O)c1ccc(N(C)C)cc1. The van der Waals surface area contributed by atoms with Crippen LogP contribution in [0.15, 0.2) is 48.9 Å². The topological polar surface area (TPSA) is 65.5 Å². The molecule has 1 aromatic carbocycles. The van der Waals surface area contributed by atoms with Gasteiger partial charge in [0, 0.05) is 70.1 Å². The lowest BCUT2D eigenvalue weighted by Gasteiger charge is -2.36. The van der Waals surface area contributed by atoms with E-state index in [2.05, 4.69) is 9.97 Å². The summed E-state index contributed by atoms with van der Waals surface area (Å²) in [6, 6.07) is 9.72. The molecule has 172 valence electrons. The maximum Gasteiger partial charge on any atom is 0.254 e. The lowest BCUT2D eigenvalue weighted by atomic mass is 9.92. The molecule has 1 aliphatic rings. The highest BCUT2D eigenvalue weighted by Crippen LogP contribution is 2.38. The molecule has 0 radical (unpaired) electrons. The highest BCUT2D eigenvalue weighted by atomic mass is 16.2. The standard InChI is InChI=1S/C26H32N6O/c1-18-16-27-14-13-21(18)22-17-28-26(31(4)5)29-24(22)23-8-6-7-15-32(23)25(33)19-9-11-20(12-10-19)30(2)3/h9-14,16-17,23H,6-8,15H2,1-5H3/t23-/m0/s1. The molecule has 0 bridgehead atoms. The molecular formula is C26H32N6O. The smallest absolute Gasteiger partial charge is 0.254 e. The summed E-state index contributed by atoms with van der Waals surface area (Å²) < 4.78 is 0. The number of carbonyl (C=O) groups excluding carboxylic acids is 1. The minimum atomic E-state index is -0.107. The predicted molar refractivity (Wildman–Crippen MR) is 133 cm³/mol. The first-order chi connectivity index (χ1) is 15.9. The number of anilines is 2. The van der Waals surface area contributed by atoms with Crippen LogP contribution in [0.2, 0.25) is 0 Å². The third-order valence-electron chi connectivity index (χ3n) is 6.23. The van der Waals surface area contributed by atoms with E-state index in [1.807, 2.05) is 92.5 Å². The number of piperidine rings is 1. The Balaban J connectivity index is 1.77. The van der Waals surface area contributed by atoms with Crippen LogP contribution in [-0.4, -0.2) is 60.5 Å². The van der Waals surface area contributed by atoms with Gasteiger partial charge in [-0.3, -0.25) is 9.78 Å².